The summed E-state index contributed by atoms with van der Waals surface area (Å²) in [5.41, 5.74) is 1.75. The number of benzene rings is 3. The highest BCUT2D eigenvalue weighted by Crippen LogP contribution is 2.31. The average Bonchev–Trinajstić information content (AvgIpc) is 2.90. The summed E-state index contributed by atoms with van der Waals surface area (Å²) in [6.07, 6.45) is 0.718. The standard InChI is InChI=1S/C29H33Cl2N3O4S/c1-5-21(3)32-29(36)22(4)33(18-23-9-8-10-24(30)17-23)28(35)19-34(27-12-7-6-11-26(27)31)39(37,38)25-15-13-20(2)14-16-25/h6-17,21-22H,5,18-19H2,1-4H3,(H,32,36)/t21-,22-/m1/s1. The van der Waals surface area contributed by atoms with Crippen LogP contribution in [-0.2, 0) is 26.2 Å². The predicted molar refractivity (Wildman–Crippen MR) is 157 cm³/mol. The second kappa shape index (κ2) is 13.3. The molecule has 0 saturated carbocycles. The normalized spacial score (nSPS) is 12.9. The van der Waals surface area contributed by atoms with E-state index in [0.717, 1.165) is 16.3 Å². The number of carbonyl (C=O) groups excluding carboxylic acids is 2. The summed E-state index contributed by atoms with van der Waals surface area (Å²) >= 11 is 12.6. The van der Waals surface area contributed by atoms with Gasteiger partial charge in [0.2, 0.25) is 11.8 Å². The molecular weight excluding hydrogens is 557 g/mol. The maximum absolute atomic E-state index is 13.9. The van der Waals surface area contributed by atoms with Crippen molar-refractivity contribution in [1.29, 1.82) is 0 Å². The highest BCUT2D eigenvalue weighted by molar-refractivity contribution is 7.92. The van der Waals surface area contributed by atoms with Crippen LogP contribution < -0.4 is 9.62 Å². The maximum atomic E-state index is 13.9. The van der Waals surface area contributed by atoms with E-state index in [1.165, 1.54) is 17.0 Å². The Kier molecular flexibility index (Phi) is 10.4. The van der Waals surface area contributed by atoms with Crippen LogP contribution in [-0.4, -0.2) is 43.8 Å². The van der Waals surface area contributed by atoms with Crippen LogP contribution in [0.15, 0.2) is 77.7 Å². The molecule has 0 unspecified atom stereocenters. The van der Waals surface area contributed by atoms with Crippen LogP contribution in [0.5, 0.6) is 0 Å². The van der Waals surface area contributed by atoms with Crippen molar-refractivity contribution in [3.8, 4) is 0 Å². The van der Waals surface area contributed by atoms with Crippen LogP contribution in [0.1, 0.15) is 38.3 Å². The summed E-state index contributed by atoms with van der Waals surface area (Å²) in [5, 5.41) is 3.56. The van der Waals surface area contributed by atoms with Gasteiger partial charge in [0, 0.05) is 17.6 Å². The summed E-state index contributed by atoms with van der Waals surface area (Å²) in [6, 6.07) is 18.8. The Hall–Kier alpha value is -3.07. The molecule has 0 aromatic heterocycles. The molecule has 0 heterocycles. The number of carbonyl (C=O) groups is 2. The second-order valence-corrected chi connectivity index (χ2v) is 12.1. The Morgan fingerprint density at radius 3 is 2.23 bits per heavy atom. The number of halogens is 2. The number of anilines is 1. The molecule has 0 fully saturated rings. The van der Waals surface area contributed by atoms with Crippen LogP contribution in [0.3, 0.4) is 0 Å². The highest BCUT2D eigenvalue weighted by atomic mass is 35.5. The molecule has 0 spiro atoms. The molecule has 2 amide bonds. The quantitative estimate of drug-likeness (QED) is 0.305. The largest absolute Gasteiger partial charge is 0.352 e. The number of rotatable bonds is 11. The first-order valence-corrected chi connectivity index (χ1v) is 14.8. The van der Waals surface area contributed by atoms with E-state index in [2.05, 4.69) is 5.32 Å². The van der Waals surface area contributed by atoms with Gasteiger partial charge >= 0.3 is 0 Å². The lowest BCUT2D eigenvalue weighted by Crippen LogP contribution is -2.52. The van der Waals surface area contributed by atoms with E-state index in [9.17, 15) is 18.0 Å². The average molecular weight is 591 g/mol. The van der Waals surface area contributed by atoms with Crippen molar-refractivity contribution in [2.24, 2.45) is 0 Å². The van der Waals surface area contributed by atoms with Gasteiger partial charge in [-0.05, 0) is 69.2 Å². The predicted octanol–water partition coefficient (Wildman–Crippen LogP) is 5.83. The van der Waals surface area contributed by atoms with Gasteiger partial charge in [-0.2, -0.15) is 0 Å². The molecule has 208 valence electrons. The van der Waals surface area contributed by atoms with E-state index in [-0.39, 0.29) is 34.1 Å². The van der Waals surface area contributed by atoms with Gasteiger partial charge in [-0.15, -0.1) is 0 Å². The van der Waals surface area contributed by atoms with Gasteiger partial charge in [-0.3, -0.25) is 13.9 Å². The Morgan fingerprint density at radius 2 is 1.62 bits per heavy atom. The molecule has 10 heteroatoms. The maximum Gasteiger partial charge on any atom is 0.264 e. The van der Waals surface area contributed by atoms with Gasteiger partial charge in [0.05, 0.1) is 15.6 Å². The molecule has 3 aromatic carbocycles. The van der Waals surface area contributed by atoms with Crippen LogP contribution in [0.4, 0.5) is 5.69 Å². The summed E-state index contributed by atoms with van der Waals surface area (Å²) in [6.45, 7) is 6.78. The minimum atomic E-state index is -4.19. The van der Waals surface area contributed by atoms with E-state index in [1.807, 2.05) is 20.8 Å². The van der Waals surface area contributed by atoms with Crippen LogP contribution in [0, 0.1) is 6.92 Å². The molecule has 0 aliphatic rings. The van der Waals surface area contributed by atoms with E-state index in [1.54, 1.807) is 67.6 Å². The van der Waals surface area contributed by atoms with Crippen LogP contribution in [0.25, 0.3) is 0 Å². The van der Waals surface area contributed by atoms with Crippen molar-refractivity contribution < 1.29 is 18.0 Å². The molecule has 3 rings (SSSR count). The lowest BCUT2D eigenvalue weighted by Gasteiger charge is -2.32. The lowest BCUT2D eigenvalue weighted by atomic mass is 10.1. The Morgan fingerprint density at radius 1 is 0.949 bits per heavy atom. The van der Waals surface area contributed by atoms with Crippen molar-refractivity contribution in [2.75, 3.05) is 10.8 Å². The summed E-state index contributed by atoms with van der Waals surface area (Å²) in [5.74, 6) is -0.914. The van der Waals surface area contributed by atoms with Crippen molar-refractivity contribution in [3.63, 3.8) is 0 Å². The zero-order valence-corrected chi connectivity index (χ0v) is 24.7. The summed E-state index contributed by atoms with van der Waals surface area (Å²) in [7, 11) is -4.19. The Balaban J connectivity index is 2.04. The Bertz CT molecular complexity index is 1410. The lowest BCUT2D eigenvalue weighted by molar-refractivity contribution is -0.139. The second-order valence-electron chi connectivity index (χ2n) is 9.42. The fourth-order valence-electron chi connectivity index (χ4n) is 3.88. The zero-order chi connectivity index (χ0) is 28.7. The Labute approximate surface area is 240 Å². The number of para-hydroxylation sites is 1. The minimum Gasteiger partial charge on any atom is -0.352 e. The van der Waals surface area contributed by atoms with Gasteiger partial charge in [0.1, 0.15) is 12.6 Å². The number of hydrogen-bond acceptors (Lipinski definition) is 4. The number of amides is 2. The fraction of sp³-hybridized carbons (Fsp3) is 0.310. The third-order valence-corrected chi connectivity index (χ3v) is 8.75. The van der Waals surface area contributed by atoms with Crippen LogP contribution >= 0.6 is 23.2 Å². The number of nitrogens with one attached hydrogen (secondary N) is 1. The van der Waals surface area contributed by atoms with Crippen molar-refractivity contribution >= 4 is 50.7 Å². The SMILES string of the molecule is CC[C@@H](C)NC(=O)[C@@H](C)N(Cc1cccc(Cl)c1)C(=O)CN(c1ccccc1Cl)S(=O)(=O)c1ccc(C)cc1. The van der Waals surface area contributed by atoms with E-state index < -0.39 is 28.5 Å². The number of aryl methyl sites for hydroxylation is 1. The molecule has 0 saturated heterocycles. The molecule has 7 nitrogen and oxygen atoms in total. The van der Waals surface area contributed by atoms with Gasteiger partial charge in [-0.25, -0.2) is 8.42 Å². The van der Waals surface area contributed by atoms with Crippen molar-refractivity contribution in [1.82, 2.24) is 10.2 Å². The van der Waals surface area contributed by atoms with Gasteiger partial charge < -0.3 is 10.2 Å². The minimum absolute atomic E-state index is 0.0183. The molecular formula is C29H33Cl2N3O4S. The molecule has 0 bridgehead atoms. The molecule has 0 aliphatic heterocycles. The smallest absolute Gasteiger partial charge is 0.264 e. The van der Waals surface area contributed by atoms with Gasteiger partial charge in [-0.1, -0.05) is 72.1 Å². The molecule has 3 aromatic rings. The number of sulfonamides is 1. The van der Waals surface area contributed by atoms with E-state index >= 15 is 0 Å². The first kappa shape index (κ1) is 30.5. The first-order chi connectivity index (χ1) is 18.4. The van der Waals surface area contributed by atoms with Gasteiger partial charge in [0.15, 0.2) is 0 Å². The third kappa shape index (κ3) is 7.75. The van der Waals surface area contributed by atoms with Gasteiger partial charge in [0.25, 0.3) is 10.0 Å². The van der Waals surface area contributed by atoms with Crippen molar-refractivity contribution in [2.45, 2.75) is 57.6 Å². The fourth-order valence-corrected chi connectivity index (χ4v) is 5.82. The number of hydrogen-bond donors (Lipinski definition) is 1. The van der Waals surface area contributed by atoms with E-state index in [0.29, 0.717) is 10.6 Å². The van der Waals surface area contributed by atoms with Crippen molar-refractivity contribution in [3.05, 3.63) is 94.0 Å². The summed E-state index contributed by atoms with van der Waals surface area (Å²) < 4.78 is 28.7. The molecule has 1 N–H and O–H groups in total. The van der Waals surface area contributed by atoms with Crippen LogP contribution in [0.2, 0.25) is 10.0 Å². The first-order valence-electron chi connectivity index (χ1n) is 12.6. The third-order valence-electron chi connectivity index (χ3n) is 6.42. The highest BCUT2D eigenvalue weighted by Gasteiger charge is 2.33. The summed E-state index contributed by atoms with van der Waals surface area (Å²) in [4.78, 5) is 28.4. The topological polar surface area (TPSA) is 86.8 Å². The van der Waals surface area contributed by atoms with E-state index in [4.69, 9.17) is 23.2 Å². The molecule has 0 aliphatic carbocycles. The molecule has 0 radical (unpaired) electrons. The zero-order valence-electron chi connectivity index (χ0n) is 22.4. The number of nitrogens with zero attached hydrogens (tertiary/aromatic N) is 2. The molecule has 39 heavy (non-hydrogen) atoms. The monoisotopic (exact) mass is 589 g/mol. The molecule has 2 atom stereocenters.